The van der Waals surface area contributed by atoms with Crippen LogP contribution in [0.5, 0.6) is 0 Å². The standard InChI is InChI=1S/C43H27N3S/c1-2-13-26(14-3-1)42-44-40(39-30-18-8-11-21-36(30)47-43(39)45-42)31-23-22-25-12-4-5-15-27(25)32-24-33-28-16-6-9-19-34(28)46-35-20-10-7-17-29(35)38(37(31)32)41(33)46/h1-21,24,31H,22-23H2. The Hall–Kier alpha value is -5.58. The van der Waals surface area contributed by atoms with Crippen LogP contribution >= 0.6 is 11.3 Å². The number of aryl methyl sites for hydroxylation is 1. The number of hydrogen-bond acceptors (Lipinski definition) is 3. The van der Waals surface area contributed by atoms with Crippen molar-refractivity contribution in [1.82, 2.24) is 14.4 Å². The highest BCUT2D eigenvalue weighted by Crippen LogP contribution is 2.52. The first-order chi connectivity index (χ1) is 23.3. The second kappa shape index (κ2) is 9.47. The fraction of sp³-hybridized carbons (Fsp3) is 0.0698. The number of thiophene rings is 1. The van der Waals surface area contributed by atoms with Crippen molar-refractivity contribution in [2.45, 2.75) is 18.8 Å². The molecule has 3 nitrogen and oxygen atoms in total. The summed E-state index contributed by atoms with van der Waals surface area (Å²) in [5, 5.41) is 7.74. The number of fused-ring (bicyclic) bond motifs is 13. The monoisotopic (exact) mass is 617 g/mol. The lowest BCUT2D eigenvalue weighted by Crippen LogP contribution is -2.08. The zero-order chi connectivity index (χ0) is 30.6. The van der Waals surface area contributed by atoms with E-state index in [1.54, 1.807) is 11.3 Å². The lowest BCUT2D eigenvalue weighted by Gasteiger charge is -2.21. The Morgan fingerprint density at radius 3 is 2.17 bits per heavy atom. The minimum Gasteiger partial charge on any atom is -0.308 e. The highest BCUT2D eigenvalue weighted by molar-refractivity contribution is 7.25. The molecule has 4 heteroatoms. The van der Waals surface area contributed by atoms with E-state index in [1.807, 2.05) is 0 Å². The van der Waals surface area contributed by atoms with Gasteiger partial charge in [-0.25, -0.2) is 9.97 Å². The van der Waals surface area contributed by atoms with Gasteiger partial charge in [-0.05, 0) is 59.4 Å². The molecule has 0 spiro atoms. The van der Waals surface area contributed by atoms with E-state index >= 15 is 0 Å². The number of aromatic nitrogens is 3. The Morgan fingerprint density at radius 2 is 1.30 bits per heavy atom. The third-order valence-corrected chi connectivity index (χ3v) is 11.5. The van der Waals surface area contributed by atoms with E-state index in [2.05, 4.69) is 138 Å². The van der Waals surface area contributed by atoms with Crippen LogP contribution in [-0.4, -0.2) is 14.4 Å². The van der Waals surface area contributed by atoms with Gasteiger partial charge in [0.15, 0.2) is 5.82 Å². The number of hydrogen-bond donors (Lipinski definition) is 0. The van der Waals surface area contributed by atoms with E-state index in [9.17, 15) is 0 Å². The second-order valence-corrected chi connectivity index (χ2v) is 13.8. The molecule has 0 saturated heterocycles. The van der Waals surface area contributed by atoms with Crippen molar-refractivity contribution in [2.24, 2.45) is 0 Å². The zero-order valence-corrected chi connectivity index (χ0v) is 26.3. The largest absolute Gasteiger partial charge is 0.308 e. The van der Waals surface area contributed by atoms with Gasteiger partial charge < -0.3 is 4.40 Å². The summed E-state index contributed by atoms with van der Waals surface area (Å²) in [7, 11) is 0. The molecule has 0 aliphatic heterocycles. The van der Waals surface area contributed by atoms with E-state index < -0.39 is 0 Å². The highest BCUT2D eigenvalue weighted by Gasteiger charge is 2.33. The van der Waals surface area contributed by atoms with Crippen molar-refractivity contribution in [1.29, 1.82) is 0 Å². The molecule has 11 rings (SSSR count). The molecule has 0 saturated carbocycles. The molecule has 1 aliphatic carbocycles. The first kappa shape index (κ1) is 25.6. The summed E-state index contributed by atoms with van der Waals surface area (Å²) in [5.41, 5.74) is 11.5. The minimum atomic E-state index is 0.0698. The molecule has 0 N–H and O–H groups in total. The van der Waals surface area contributed by atoms with Crippen molar-refractivity contribution in [2.75, 3.05) is 0 Å². The zero-order valence-electron chi connectivity index (χ0n) is 25.4. The maximum absolute atomic E-state index is 5.58. The smallest absolute Gasteiger partial charge is 0.161 e. The number of para-hydroxylation sites is 2. The molecule has 10 aromatic rings. The number of benzene rings is 6. The molecule has 1 atom stereocenters. The van der Waals surface area contributed by atoms with Gasteiger partial charge in [0, 0.05) is 48.5 Å². The van der Waals surface area contributed by atoms with Crippen LogP contribution in [0.1, 0.15) is 29.2 Å². The molecular formula is C43H27N3S. The molecule has 1 unspecified atom stereocenters. The Balaban J connectivity index is 1.35. The molecule has 220 valence electrons. The van der Waals surface area contributed by atoms with Gasteiger partial charge in [0.25, 0.3) is 0 Å². The van der Waals surface area contributed by atoms with Gasteiger partial charge in [-0.1, -0.05) is 109 Å². The lowest BCUT2D eigenvalue weighted by atomic mass is 9.83. The van der Waals surface area contributed by atoms with Crippen LogP contribution in [-0.2, 0) is 6.42 Å². The molecule has 4 aromatic heterocycles. The average Bonchev–Trinajstić information content (AvgIpc) is 3.75. The number of nitrogens with zero attached hydrogens (tertiary/aromatic N) is 3. The van der Waals surface area contributed by atoms with Gasteiger partial charge in [-0.15, -0.1) is 11.3 Å². The lowest BCUT2D eigenvalue weighted by molar-refractivity contribution is 0.715. The van der Waals surface area contributed by atoms with Crippen LogP contribution in [0.15, 0.2) is 133 Å². The van der Waals surface area contributed by atoms with Crippen LogP contribution in [0.3, 0.4) is 0 Å². The molecule has 0 amide bonds. The third kappa shape index (κ3) is 3.45. The average molecular weight is 618 g/mol. The van der Waals surface area contributed by atoms with Crippen molar-refractivity contribution in [3.63, 3.8) is 0 Å². The van der Waals surface area contributed by atoms with E-state index in [0.717, 1.165) is 34.8 Å². The first-order valence-electron chi connectivity index (χ1n) is 16.4. The molecule has 0 fully saturated rings. The van der Waals surface area contributed by atoms with Crippen LogP contribution in [0.25, 0.3) is 80.9 Å². The molecule has 4 heterocycles. The summed E-state index contributed by atoms with van der Waals surface area (Å²) < 4.78 is 3.76. The van der Waals surface area contributed by atoms with Gasteiger partial charge in [0.2, 0.25) is 0 Å². The van der Waals surface area contributed by atoms with Crippen molar-refractivity contribution in [3.05, 3.63) is 150 Å². The number of rotatable bonds is 2. The topological polar surface area (TPSA) is 30.2 Å². The van der Waals surface area contributed by atoms with Crippen molar-refractivity contribution in [3.8, 4) is 22.5 Å². The highest BCUT2D eigenvalue weighted by atomic mass is 32.1. The van der Waals surface area contributed by atoms with Gasteiger partial charge in [0.1, 0.15) is 4.83 Å². The minimum absolute atomic E-state index is 0.0698. The third-order valence-electron chi connectivity index (χ3n) is 10.4. The van der Waals surface area contributed by atoms with Gasteiger partial charge in [-0.3, -0.25) is 0 Å². The van der Waals surface area contributed by atoms with Gasteiger partial charge in [-0.2, -0.15) is 0 Å². The summed E-state index contributed by atoms with van der Waals surface area (Å²) in [6, 6.07) is 48.7. The van der Waals surface area contributed by atoms with Crippen LogP contribution in [0.4, 0.5) is 0 Å². The summed E-state index contributed by atoms with van der Waals surface area (Å²) in [5.74, 6) is 0.871. The van der Waals surface area contributed by atoms with Crippen LogP contribution in [0, 0.1) is 0 Å². The summed E-state index contributed by atoms with van der Waals surface area (Å²) >= 11 is 1.78. The molecule has 6 aromatic carbocycles. The Labute approximate surface area is 274 Å². The van der Waals surface area contributed by atoms with E-state index in [1.165, 1.54) is 75.8 Å². The quantitative estimate of drug-likeness (QED) is 0.193. The summed E-state index contributed by atoms with van der Waals surface area (Å²) in [6.07, 6.45) is 1.95. The molecule has 47 heavy (non-hydrogen) atoms. The van der Waals surface area contributed by atoms with E-state index in [0.29, 0.717) is 0 Å². The Bertz CT molecular complexity index is 2860. The van der Waals surface area contributed by atoms with Crippen LogP contribution in [0.2, 0.25) is 0 Å². The normalized spacial score (nSPS) is 14.9. The Kier molecular flexibility index (Phi) is 5.16. The first-order valence-corrected chi connectivity index (χ1v) is 17.2. The van der Waals surface area contributed by atoms with Gasteiger partial charge >= 0.3 is 0 Å². The molecule has 0 radical (unpaired) electrons. The SMILES string of the molecule is c1ccc(-c2nc(C3CCc4ccccc4-c4cc5c6ccccc6n6c7ccccc7c(c43)c56)c3c(n2)sc2ccccc23)cc1. The molecule has 1 aliphatic rings. The fourth-order valence-corrected chi connectivity index (χ4v) is 9.55. The maximum Gasteiger partial charge on any atom is 0.161 e. The predicted octanol–water partition coefficient (Wildman–Crippen LogP) is 11.4. The van der Waals surface area contributed by atoms with Crippen LogP contribution < -0.4 is 0 Å². The van der Waals surface area contributed by atoms with Crippen molar-refractivity contribution >= 4 is 69.7 Å². The summed E-state index contributed by atoms with van der Waals surface area (Å²) in [4.78, 5) is 11.9. The predicted molar refractivity (Wildman–Crippen MR) is 197 cm³/mol. The Morgan fingerprint density at radius 1 is 0.596 bits per heavy atom. The van der Waals surface area contributed by atoms with E-state index in [-0.39, 0.29) is 5.92 Å². The second-order valence-electron chi connectivity index (χ2n) is 12.8. The van der Waals surface area contributed by atoms with Gasteiger partial charge in [0.05, 0.1) is 22.2 Å². The van der Waals surface area contributed by atoms with E-state index in [4.69, 9.17) is 9.97 Å². The fourth-order valence-electron chi connectivity index (χ4n) is 8.47. The maximum atomic E-state index is 5.58. The molecular weight excluding hydrogens is 591 g/mol. The summed E-state index contributed by atoms with van der Waals surface area (Å²) in [6.45, 7) is 0. The molecule has 0 bridgehead atoms. The van der Waals surface area contributed by atoms with Crippen molar-refractivity contribution < 1.29 is 0 Å².